The number of aryl methyl sites for hydroxylation is 1. The van der Waals surface area contributed by atoms with Crippen LogP contribution in [0.5, 0.6) is 11.5 Å². The first-order valence-electron chi connectivity index (χ1n) is 5.14. The van der Waals surface area contributed by atoms with Crippen molar-refractivity contribution in [3.05, 3.63) is 46.0 Å². The molecule has 1 aromatic heterocycles. The number of aromatic nitrogens is 2. The molecule has 2 aromatic rings. The van der Waals surface area contributed by atoms with Crippen LogP contribution in [0.25, 0.3) is 0 Å². The molecule has 0 amide bonds. The lowest BCUT2D eigenvalue weighted by Gasteiger charge is -2.04. The molecule has 0 atom stereocenters. The minimum atomic E-state index is -0.885. The molecular formula is C11H10BrN3O5. The number of rotatable bonds is 3. The van der Waals surface area contributed by atoms with Gasteiger partial charge in [-0.25, -0.2) is 4.98 Å². The molecule has 0 unspecified atom stereocenters. The highest BCUT2D eigenvalue weighted by atomic mass is 79.9. The Hall–Kier alpha value is -2.42. The van der Waals surface area contributed by atoms with E-state index in [1.54, 1.807) is 13.2 Å². The molecular weight excluding hydrogens is 334 g/mol. The number of aromatic hydroxyl groups is 2. The lowest BCUT2D eigenvalue weighted by atomic mass is 10.1. The van der Waals surface area contributed by atoms with Crippen molar-refractivity contribution in [3.8, 4) is 11.5 Å². The molecule has 1 aromatic carbocycles. The Kier molecular flexibility index (Phi) is 4.45. The fourth-order valence-corrected chi connectivity index (χ4v) is 1.59. The van der Waals surface area contributed by atoms with E-state index in [4.69, 9.17) is 0 Å². The zero-order valence-corrected chi connectivity index (χ0v) is 11.9. The van der Waals surface area contributed by atoms with Crippen LogP contribution in [0.2, 0.25) is 0 Å². The minimum absolute atomic E-state index is 0. The second-order valence-electron chi connectivity index (χ2n) is 3.81. The number of nitro benzene ring substituents is 1. The highest BCUT2D eigenvalue weighted by molar-refractivity contribution is 8.93. The van der Waals surface area contributed by atoms with Gasteiger partial charge >= 0.3 is 5.69 Å². The van der Waals surface area contributed by atoms with Gasteiger partial charge in [0, 0.05) is 31.1 Å². The van der Waals surface area contributed by atoms with E-state index in [9.17, 15) is 25.1 Å². The molecule has 0 spiro atoms. The topological polar surface area (TPSA) is 118 Å². The van der Waals surface area contributed by atoms with Gasteiger partial charge in [-0.1, -0.05) is 0 Å². The van der Waals surface area contributed by atoms with Crippen molar-refractivity contribution in [2.45, 2.75) is 0 Å². The average molecular weight is 344 g/mol. The maximum Gasteiger partial charge on any atom is 0.315 e. The molecule has 0 aliphatic carbocycles. The highest BCUT2D eigenvalue weighted by Crippen LogP contribution is 2.36. The summed E-state index contributed by atoms with van der Waals surface area (Å²) in [7, 11) is 1.59. The number of hydrogen-bond acceptors (Lipinski definition) is 6. The molecule has 1 heterocycles. The third-order valence-electron chi connectivity index (χ3n) is 2.55. The third-order valence-corrected chi connectivity index (χ3v) is 2.55. The molecule has 8 nitrogen and oxygen atoms in total. The molecule has 20 heavy (non-hydrogen) atoms. The van der Waals surface area contributed by atoms with Crippen molar-refractivity contribution in [2.75, 3.05) is 0 Å². The van der Waals surface area contributed by atoms with Crippen molar-refractivity contribution in [3.63, 3.8) is 0 Å². The molecule has 0 radical (unpaired) electrons. The van der Waals surface area contributed by atoms with E-state index < -0.39 is 27.9 Å². The third kappa shape index (κ3) is 2.62. The zero-order chi connectivity index (χ0) is 14.2. The highest BCUT2D eigenvalue weighted by Gasteiger charge is 2.23. The van der Waals surface area contributed by atoms with E-state index in [1.165, 1.54) is 10.8 Å². The van der Waals surface area contributed by atoms with Crippen LogP contribution in [0, 0.1) is 10.1 Å². The normalized spacial score (nSPS) is 9.85. The Morgan fingerprint density at radius 2 is 2.05 bits per heavy atom. The quantitative estimate of drug-likeness (QED) is 0.377. The maximum absolute atomic E-state index is 12.1. The number of nitrogens with zero attached hydrogens (tertiary/aromatic N) is 3. The van der Waals surface area contributed by atoms with E-state index in [2.05, 4.69) is 4.98 Å². The summed E-state index contributed by atoms with van der Waals surface area (Å²) in [5.74, 6) is -2.13. The number of carbonyl (C=O) groups is 1. The molecule has 0 aliphatic heterocycles. The average Bonchev–Trinajstić information content (AvgIpc) is 2.77. The molecule has 0 saturated heterocycles. The van der Waals surface area contributed by atoms with Gasteiger partial charge in [0.1, 0.15) is 0 Å². The van der Waals surface area contributed by atoms with Gasteiger partial charge in [-0.05, 0) is 6.07 Å². The Labute approximate surface area is 123 Å². The van der Waals surface area contributed by atoms with E-state index in [1.807, 2.05) is 0 Å². The first-order valence-corrected chi connectivity index (χ1v) is 5.14. The van der Waals surface area contributed by atoms with Crippen molar-refractivity contribution >= 4 is 28.5 Å². The number of nitro groups is 1. The van der Waals surface area contributed by atoms with Crippen LogP contribution in [0.4, 0.5) is 5.69 Å². The van der Waals surface area contributed by atoms with Crippen LogP contribution in [0.15, 0.2) is 24.5 Å². The fraction of sp³-hybridized carbons (Fsp3) is 0.0909. The number of carbonyl (C=O) groups excluding carboxylic acids is 1. The number of halogens is 1. The molecule has 2 rings (SSSR count). The summed E-state index contributed by atoms with van der Waals surface area (Å²) in [6.07, 6.45) is 2.95. The van der Waals surface area contributed by atoms with E-state index >= 15 is 0 Å². The molecule has 2 N–H and O–H groups in total. The zero-order valence-electron chi connectivity index (χ0n) is 10.2. The van der Waals surface area contributed by atoms with Crippen LogP contribution in [-0.4, -0.2) is 30.5 Å². The SMILES string of the molecule is Br.Cn1ccnc1C(=O)c1cc(O)c(O)c([N+](=O)[O-])c1. The molecule has 9 heteroatoms. The van der Waals surface area contributed by atoms with Crippen LogP contribution < -0.4 is 0 Å². The van der Waals surface area contributed by atoms with Gasteiger partial charge in [0.25, 0.3) is 0 Å². The second-order valence-corrected chi connectivity index (χ2v) is 3.81. The lowest BCUT2D eigenvalue weighted by molar-refractivity contribution is -0.386. The Balaban J connectivity index is 0.00000200. The smallest absolute Gasteiger partial charge is 0.315 e. The van der Waals surface area contributed by atoms with Gasteiger partial charge in [-0.2, -0.15) is 0 Å². The summed E-state index contributed by atoms with van der Waals surface area (Å²) in [6, 6.07) is 1.85. The van der Waals surface area contributed by atoms with E-state index in [0.717, 1.165) is 12.1 Å². The van der Waals surface area contributed by atoms with Gasteiger partial charge in [-0.15, -0.1) is 17.0 Å². The van der Waals surface area contributed by atoms with Crippen LogP contribution in [0.3, 0.4) is 0 Å². The van der Waals surface area contributed by atoms with Gasteiger partial charge in [0.2, 0.25) is 11.5 Å². The van der Waals surface area contributed by atoms with Crippen molar-refractivity contribution in [1.29, 1.82) is 0 Å². The number of ketones is 1. The summed E-state index contributed by atoms with van der Waals surface area (Å²) in [4.78, 5) is 25.7. The molecule has 0 aliphatic rings. The van der Waals surface area contributed by atoms with E-state index in [-0.39, 0.29) is 28.4 Å². The van der Waals surface area contributed by atoms with Gasteiger partial charge < -0.3 is 14.8 Å². The molecule has 0 bridgehead atoms. The number of benzene rings is 1. The molecule has 0 saturated carbocycles. The Morgan fingerprint density at radius 3 is 2.55 bits per heavy atom. The van der Waals surface area contributed by atoms with Gasteiger partial charge in [-0.3, -0.25) is 14.9 Å². The summed E-state index contributed by atoms with van der Waals surface area (Å²) in [5, 5.41) is 29.5. The Morgan fingerprint density at radius 1 is 1.40 bits per heavy atom. The number of hydrogen-bond donors (Lipinski definition) is 2. The largest absolute Gasteiger partial charge is 0.504 e. The molecule has 0 fully saturated rings. The van der Waals surface area contributed by atoms with Crippen LogP contribution >= 0.6 is 17.0 Å². The first kappa shape index (κ1) is 15.6. The summed E-state index contributed by atoms with van der Waals surface area (Å²) >= 11 is 0. The van der Waals surface area contributed by atoms with Crippen LogP contribution in [0.1, 0.15) is 16.2 Å². The van der Waals surface area contributed by atoms with Crippen molar-refractivity contribution in [1.82, 2.24) is 9.55 Å². The maximum atomic E-state index is 12.1. The fourth-order valence-electron chi connectivity index (χ4n) is 1.59. The van der Waals surface area contributed by atoms with Crippen molar-refractivity contribution in [2.24, 2.45) is 7.05 Å². The van der Waals surface area contributed by atoms with Crippen molar-refractivity contribution < 1.29 is 19.9 Å². The first-order chi connectivity index (χ1) is 8.91. The number of imidazole rings is 1. The minimum Gasteiger partial charge on any atom is -0.504 e. The lowest BCUT2D eigenvalue weighted by Crippen LogP contribution is -2.09. The Bertz CT molecular complexity index is 683. The summed E-state index contributed by atoms with van der Waals surface area (Å²) < 4.78 is 1.44. The van der Waals surface area contributed by atoms with Crippen LogP contribution in [-0.2, 0) is 7.05 Å². The predicted molar refractivity (Wildman–Crippen MR) is 73.4 cm³/mol. The number of phenols is 2. The van der Waals surface area contributed by atoms with Gasteiger partial charge in [0.05, 0.1) is 4.92 Å². The monoisotopic (exact) mass is 343 g/mol. The van der Waals surface area contributed by atoms with Gasteiger partial charge in [0.15, 0.2) is 11.6 Å². The van der Waals surface area contributed by atoms with E-state index in [0.29, 0.717) is 0 Å². The second kappa shape index (κ2) is 5.70. The standard InChI is InChI=1S/C11H9N3O5.BrH/c1-13-3-2-12-11(13)9(16)6-4-7(14(18)19)10(17)8(15)5-6;/h2-5,15,17H,1H3;1H. The summed E-state index contributed by atoms with van der Waals surface area (Å²) in [6.45, 7) is 0. The number of phenolic OH excluding ortho intramolecular Hbond substituents is 2. The molecule has 106 valence electrons. The predicted octanol–water partition coefficient (Wildman–Crippen LogP) is 1.55. The summed E-state index contributed by atoms with van der Waals surface area (Å²) in [5.41, 5.74) is -0.867.